The number of hydrogen-bond donors (Lipinski definition) is 2. The van der Waals surface area contributed by atoms with Crippen LogP contribution in [0.3, 0.4) is 0 Å². The summed E-state index contributed by atoms with van der Waals surface area (Å²) < 4.78 is 19.1. The molecule has 300 valence electrons. The Kier molecular flexibility index (Phi) is 13.6. The maximum atomic E-state index is 13.9. The van der Waals surface area contributed by atoms with E-state index in [0.717, 1.165) is 94.2 Å². The number of aromatic nitrogens is 2. The summed E-state index contributed by atoms with van der Waals surface area (Å²) in [6.45, 7) is 13.0. The normalized spacial score (nSPS) is 20.5. The van der Waals surface area contributed by atoms with Gasteiger partial charge in [-0.15, -0.1) is 0 Å². The van der Waals surface area contributed by atoms with E-state index in [0.29, 0.717) is 47.8 Å². The van der Waals surface area contributed by atoms with Crippen LogP contribution in [0.2, 0.25) is 0 Å². The minimum atomic E-state index is -0.399. The molecule has 1 amide bonds. The zero-order chi connectivity index (χ0) is 38.9. The number of unbranched alkanes of at least 4 members (excludes halogenated alkanes) is 1. The van der Waals surface area contributed by atoms with Gasteiger partial charge in [-0.2, -0.15) is 0 Å². The van der Waals surface area contributed by atoms with Crippen LogP contribution >= 0.6 is 0 Å². The number of para-hydroxylation sites is 3. The van der Waals surface area contributed by atoms with Gasteiger partial charge in [0.15, 0.2) is 0 Å². The summed E-state index contributed by atoms with van der Waals surface area (Å²) in [7, 11) is 1.61. The minimum absolute atomic E-state index is 0.0542. The van der Waals surface area contributed by atoms with Crippen LogP contribution in [-0.2, 0) is 11.3 Å². The summed E-state index contributed by atoms with van der Waals surface area (Å²) in [4.78, 5) is 39.3. The lowest BCUT2D eigenvalue weighted by molar-refractivity contribution is -0.0307. The highest BCUT2D eigenvalue weighted by Gasteiger charge is 2.39. The van der Waals surface area contributed by atoms with Crippen molar-refractivity contribution in [1.29, 1.82) is 0 Å². The standard InChI is InChI=1S/C44H59N7O5/c1-4-55-41-17-8-7-16-39(41)51-42(46-37-15-6-5-14-36(37)43(51)52)31-49-26-24-48(25-27-49)23-21-45-20-9-10-22-50-33-12-11-13-34(50)30-35(29-33)56-44(53)47-38-28-32(2)18-19-40(38)54-3/h5-8,14-19,28,33-35,45H,4,9-13,20-27,29-31H2,1-3H3,(H,47,53). The topological polar surface area (TPSA) is 113 Å². The van der Waals surface area contributed by atoms with Crippen LogP contribution in [0.1, 0.15) is 63.3 Å². The Morgan fingerprint density at radius 1 is 0.875 bits per heavy atom. The van der Waals surface area contributed by atoms with E-state index in [2.05, 4.69) is 25.3 Å². The number of benzene rings is 3. The number of piperazine rings is 1. The third-order valence-electron chi connectivity index (χ3n) is 11.7. The van der Waals surface area contributed by atoms with Crippen LogP contribution in [-0.4, -0.2) is 115 Å². The van der Waals surface area contributed by atoms with Gasteiger partial charge in [0, 0.05) is 64.2 Å². The van der Waals surface area contributed by atoms with E-state index in [1.165, 1.54) is 25.7 Å². The molecule has 2 atom stereocenters. The van der Waals surface area contributed by atoms with E-state index in [-0.39, 0.29) is 11.7 Å². The van der Waals surface area contributed by atoms with Gasteiger partial charge in [-0.05, 0) is 94.6 Å². The quantitative estimate of drug-likeness (QED) is 0.128. The highest BCUT2D eigenvalue weighted by Crippen LogP contribution is 2.36. The molecule has 3 saturated heterocycles. The van der Waals surface area contributed by atoms with Gasteiger partial charge in [0.1, 0.15) is 23.4 Å². The van der Waals surface area contributed by atoms with Crippen molar-refractivity contribution in [3.8, 4) is 17.2 Å². The number of methoxy groups -OCH3 is 1. The second kappa shape index (κ2) is 19.1. The van der Waals surface area contributed by atoms with Gasteiger partial charge in [-0.3, -0.25) is 29.4 Å². The molecule has 2 unspecified atom stereocenters. The number of nitrogens with zero attached hydrogens (tertiary/aromatic N) is 5. The number of carbonyl (C=O) groups excluding carboxylic acids is 1. The van der Waals surface area contributed by atoms with Crippen molar-refractivity contribution in [2.24, 2.45) is 0 Å². The maximum Gasteiger partial charge on any atom is 0.412 e. The average molecular weight is 766 g/mol. The Bertz CT molecular complexity index is 1970. The third kappa shape index (κ3) is 9.72. The van der Waals surface area contributed by atoms with Crippen molar-refractivity contribution in [2.75, 3.05) is 71.4 Å². The zero-order valence-corrected chi connectivity index (χ0v) is 33.4. The molecule has 0 aliphatic carbocycles. The van der Waals surface area contributed by atoms with Crippen LogP contribution in [0, 0.1) is 6.92 Å². The molecule has 3 fully saturated rings. The smallest absolute Gasteiger partial charge is 0.412 e. The fraction of sp³-hybridized carbons (Fsp3) is 0.523. The molecule has 0 spiro atoms. The predicted molar refractivity (Wildman–Crippen MR) is 221 cm³/mol. The average Bonchev–Trinajstić information content (AvgIpc) is 3.19. The van der Waals surface area contributed by atoms with Gasteiger partial charge in [0.2, 0.25) is 0 Å². The molecule has 4 heterocycles. The molecule has 4 aromatic rings. The van der Waals surface area contributed by atoms with E-state index in [1.807, 2.05) is 80.6 Å². The number of piperidine rings is 2. The number of fused-ring (bicyclic) bond motifs is 3. The van der Waals surface area contributed by atoms with E-state index >= 15 is 0 Å². The number of ether oxygens (including phenoxy) is 3. The van der Waals surface area contributed by atoms with Crippen molar-refractivity contribution in [3.63, 3.8) is 0 Å². The highest BCUT2D eigenvalue weighted by molar-refractivity contribution is 5.87. The molecule has 0 saturated carbocycles. The Hall–Kier alpha value is -4.49. The van der Waals surface area contributed by atoms with Crippen LogP contribution in [0.5, 0.6) is 11.5 Å². The van der Waals surface area contributed by atoms with Crippen molar-refractivity contribution in [3.05, 3.63) is 88.5 Å². The maximum absolute atomic E-state index is 13.9. The number of aryl methyl sites for hydroxylation is 1. The lowest BCUT2D eigenvalue weighted by Gasteiger charge is -2.48. The monoisotopic (exact) mass is 765 g/mol. The molecule has 7 rings (SSSR count). The lowest BCUT2D eigenvalue weighted by Crippen LogP contribution is -2.54. The van der Waals surface area contributed by atoms with Gasteiger partial charge in [0.25, 0.3) is 5.56 Å². The molecule has 3 aromatic carbocycles. The molecule has 1 aromatic heterocycles. The summed E-state index contributed by atoms with van der Waals surface area (Å²) >= 11 is 0. The van der Waals surface area contributed by atoms with E-state index in [9.17, 15) is 9.59 Å². The summed E-state index contributed by atoms with van der Waals surface area (Å²) in [6.07, 6.45) is 7.28. The van der Waals surface area contributed by atoms with Gasteiger partial charge in [-0.25, -0.2) is 9.78 Å². The molecular formula is C44H59N7O5. The fourth-order valence-corrected chi connectivity index (χ4v) is 8.83. The van der Waals surface area contributed by atoms with E-state index < -0.39 is 6.09 Å². The zero-order valence-electron chi connectivity index (χ0n) is 33.4. The summed E-state index contributed by atoms with van der Waals surface area (Å²) in [5.41, 5.74) is 3.09. The number of anilines is 1. The second-order valence-corrected chi connectivity index (χ2v) is 15.5. The number of amides is 1. The van der Waals surface area contributed by atoms with Crippen LogP contribution in [0.4, 0.5) is 10.5 Å². The molecule has 3 aliphatic heterocycles. The summed E-state index contributed by atoms with van der Waals surface area (Å²) in [6, 6.07) is 22.0. The number of hydrogen-bond acceptors (Lipinski definition) is 10. The molecule has 56 heavy (non-hydrogen) atoms. The molecule has 12 heteroatoms. The molecular weight excluding hydrogens is 707 g/mol. The number of nitrogens with one attached hydrogen (secondary N) is 2. The van der Waals surface area contributed by atoms with Crippen molar-refractivity contribution in [1.82, 2.24) is 29.6 Å². The lowest BCUT2D eigenvalue weighted by atomic mass is 9.82. The highest BCUT2D eigenvalue weighted by atomic mass is 16.6. The van der Waals surface area contributed by atoms with Gasteiger partial charge in [0.05, 0.1) is 42.5 Å². The van der Waals surface area contributed by atoms with Crippen LogP contribution < -0.4 is 25.7 Å². The Labute approximate surface area is 331 Å². The summed E-state index contributed by atoms with van der Waals surface area (Å²) in [5.74, 6) is 2.05. The van der Waals surface area contributed by atoms with Crippen LogP contribution in [0.15, 0.2) is 71.5 Å². The molecule has 3 aliphatic rings. The fourth-order valence-electron chi connectivity index (χ4n) is 8.83. The Morgan fingerprint density at radius 3 is 2.41 bits per heavy atom. The first-order valence-corrected chi connectivity index (χ1v) is 20.7. The second-order valence-electron chi connectivity index (χ2n) is 15.5. The van der Waals surface area contributed by atoms with E-state index in [1.54, 1.807) is 11.7 Å². The Morgan fingerprint density at radius 2 is 1.62 bits per heavy atom. The summed E-state index contributed by atoms with van der Waals surface area (Å²) in [5, 5.41) is 7.20. The third-order valence-corrected chi connectivity index (χ3v) is 11.7. The first-order valence-electron chi connectivity index (χ1n) is 20.7. The Balaban J connectivity index is 0.818. The van der Waals surface area contributed by atoms with Crippen LogP contribution in [0.25, 0.3) is 16.6 Å². The SMILES string of the molecule is CCOc1ccccc1-n1c(CN2CCN(CCNCCCCN3C4CCCC3CC(OC(=O)Nc3cc(C)ccc3OC)C4)CC2)nc2ccccc2c1=O. The van der Waals surface area contributed by atoms with Gasteiger partial charge in [-0.1, -0.05) is 36.8 Å². The van der Waals surface area contributed by atoms with Crippen molar-refractivity contribution >= 4 is 22.7 Å². The first-order chi connectivity index (χ1) is 27.4. The molecule has 12 nitrogen and oxygen atoms in total. The molecule has 2 N–H and O–H groups in total. The minimum Gasteiger partial charge on any atom is -0.495 e. The van der Waals surface area contributed by atoms with Gasteiger partial charge >= 0.3 is 6.09 Å². The molecule has 0 radical (unpaired) electrons. The molecule has 2 bridgehead atoms. The largest absolute Gasteiger partial charge is 0.495 e. The van der Waals surface area contributed by atoms with Crippen molar-refractivity contribution < 1.29 is 19.0 Å². The van der Waals surface area contributed by atoms with Gasteiger partial charge < -0.3 is 19.5 Å². The predicted octanol–water partition coefficient (Wildman–Crippen LogP) is 6.22. The van der Waals surface area contributed by atoms with Crippen molar-refractivity contribution in [2.45, 2.75) is 83.5 Å². The number of rotatable bonds is 16. The number of carbonyl (C=O) groups is 1. The van der Waals surface area contributed by atoms with E-state index in [4.69, 9.17) is 19.2 Å². The first kappa shape index (κ1) is 39.7.